The van der Waals surface area contributed by atoms with E-state index >= 15 is 0 Å². The molecular formula is C11H9NO3S. The van der Waals surface area contributed by atoms with Crippen LogP contribution >= 0.6 is 0 Å². The molecule has 0 spiro atoms. The molecule has 1 aromatic rings. The monoisotopic (exact) mass is 235 g/mol. The van der Waals surface area contributed by atoms with Gasteiger partial charge in [-0.2, -0.15) is 0 Å². The van der Waals surface area contributed by atoms with Crippen LogP contribution in [-0.2, 0) is 21.2 Å². The number of carbonyl (C=O) groups is 1. The highest BCUT2D eigenvalue weighted by atomic mass is 32.2. The van der Waals surface area contributed by atoms with E-state index in [9.17, 15) is 13.2 Å². The Bertz CT molecular complexity index is 628. The van der Waals surface area contributed by atoms with Crippen LogP contribution in [0.3, 0.4) is 0 Å². The van der Waals surface area contributed by atoms with Gasteiger partial charge >= 0.3 is 0 Å². The lowest BCUT2D eigenvalue weighted by Gasteiger charge is -2.15. The van der Waals surface area contributed by atoms with Crippen molar-refractivity contribution in [1.82, 2.24) is 4.72 Å². The molecule has 3 rings (SSSR count). The lowest BCUT2D eigenvalue weighted by molar-refractivity contribution is -0.113. The molecule has 16 heavy (non-hydrogen) atoms. The summed E-state index contributed by atoms with van der Waals surface area (Å²) in [6.45, 7) is 0. The van der Waals surface area contributed by atoms with Crippen molar-refractivity contribution >= 4 is 21.5 Å². The number of sulfonamides is 1. The van der Waals surface area contributed by atoms with Crippen LogP contribution in [0, 0.1) is 0 Å². The van der Waals surface area contributed by atoms with Gasteiger partial charge in [-0.15, -0.1) is 0 Å². The fraction of sp³-hybridized carbons (Fsp3) is 0.182. The maximum absolute atomic E-state index is 11.6. The molecule has 0 fully saturated rings. The maximum Gasteiger partial charge on any atom is 0.266 e. The zero-order valence-corrected chi connectivity index (χ0v) is 9.17. The van der Waals surface area contributed by atoms with Crippen LogP contribution in [0.1, 0.15) is 17.5 Å². The number of fused-ring (bicyclic) bond motifs is 2. The summed E-state index contributed by atoms with van der Waals surface area (Å²) in [4.78, 5) is 11.9. The first kappa shape index (κ1) is 9.59. The van der Waals surface area contributed by atoms with Gasteiger partial charge in [-0.3, -0.25) is 4.79 Å². The first-order valence-electron chi connectivity index (χ1n) is 4.98. The Hall–Kier alpha value is -1.62. The van der Waals surface area contributed by atoms with Crippen molar-refractivity contribution in [3.63, 3.8) is 0 Å². The van der Waals surface area contributed by atoms with Gasteiger partial charge in [-0.1, -0.05) is 24.3 Å². The highest BCUT2D eigenvalue weighted by Gasteiger charge is 2.38. The normalized spacial score (nSPS) is 21.4. The van der Waals surface area contributed by atoms with E-state index < -0.39 is 15.9 Å². The highest BCUT2D eigenvalue weighted by Crippen LogP contribution is 2.37. The topological polar surface area (TPSA) is 63.2 Å². The molecule has 2 aliphatic rings. The molecule has 1 N–H and O–H groups in total. The maximum atomic E-state index is 11.6. The minimum atomic E-state index is -3.56. The molecule has 1 aromatic carbocycles. The molecule has 0 radical (unpaired) electrons. The number of amides is 1. The lowest BCUT2D eigenvalue weighted by Crippen LogP contribution is -2.22. The molecule has 0 atom stereocenters. The van der Waals surface area contributed by atoms with Crippen LogP contribution < -0.4 is 4.72 Å². The van der Waals surface area contributed by atoms with E-state index in [1.807, 2.05) is 22.9 Å². The lowest BCUT2D eigenvalue weighted by atomic mass is 9.90. The van der Waals surface area contributed by atoms with Crippen LogP contribution in [-0.4, -0.2) is 14.3 Å². The Balaban J connectivity index is 2.33. The van der Waals surface area contributed by atoms with E-state index in [4.69, 9.17) is 0 Å². The highest BCUT2D eigenvalue weighted by molar-refractivity contribution is 7.94. The number of hydrogen-bond acceptors (Lipinski definition) is 3. The van der Waals surface area contributed by atoms with Crippen molar-refractivity contribution in [2.75, 3.05) is 0 Å². The Morgan fingerprint density at radius 1 is 1.12 bits per heavy atom. The molecule has 0 aromatic heterocycles. The van der Waals surface area contributed by atoms with Gasteiger partial charge in [0.15, 0.2) is 0 Å². The molecular weight excluding hydrogens is 226 g/mol. The SMILES string of the molecule is O=C1NS(=O)(=O)C2=C1c1ccccc1CC2. The van der Waals surface area contributed by atoms with Crippen molar-refractivity contribution < 1.29 is 13.2 Å². The summed E-state index contributed by atoms with van der Waals surface area (Å²) in [5, 5.41) is 0. The molecule has 5 heteroatoms. The van der Waals surface area contributed by atoms with Gasteiger partial charge in [0.25, 0.3) is 15.9 Å². The average Bonchev–Trinajstić information content (AvgIpc) is 2.49. The standard InChI is InChI=1S/C11H9NO3S/c13-11-10-8-4-2-1-3-7(8)5-6-9(10)16(14,15)12-11/h1-4H,5-6H2,(H,12,13). The third kappa shape index (κ3) is 1.15. The summed E-state index contributed by atoms with van der Waals surface area (Å²) in [6, 6.07) is 7.43. The third-order valence-corrected chi connectivity index (χ3v) is 4.48. The molecule has 0 unspecified atom stereocenters. The molecule has 82 valence electrons. The van der Waals surface area contributed by atoms with E-state index in [1.54, 1.807) is 6.07 Å². The predicted octanol–water partition coefficient (Wildman–Crippen LogP) is 0.804. The van der Waals surface area contributed by atoms with Crippen molar-refractivity contribution in [2.45, 2.75) is 12.8 Å². The Morgan fingerprint density at radius 2 is 1.88 bits per heavy atom. The van der Waals surface area contributed by atoms with Gasteiger partial charge in [0, 0.05) is 0 Å². The van der Waals surface area contributed by atoms with Gasteiger partial charge in [0.05, 0.1) is 10.5 Å². The zero-order chi connectivity index (χ0) is 11.3. The second kappa shape index (κ2) is 2.95. The zero-order valence-electron chi connectivity index (χ0n) is 8.36. The minimum absolute atomic E-state index is 0.246. The van der Waals surface area contributed by atoms with Gasteiger partial charge in [0.1, 0.15) is 0 Å². The number of nitrogens with one attached hydrogen (secondary N) is 1. The van der Waals surface area contributed by atoms with E-state index in [2.05, 4.69) is 0 Å². The number of benzene rings is 1. The second-order valence-electron chi connectivity index (χ2n) is 3.89. The molecule has 4 nitrogen and oxygen atoms in total. The number of carbonyl (C=O) groups excluding carboxylic acids is 1. The predicted molar refractivity (Wildman–Crippen MR) is 58.7 cm³/mol. The second-order valence-corrected chi connectivity index (χ2v) is 5.59. The fourth-order valence-electron chi connectivity index (χ4n) is 2.26. The smallest absolute Gasteiger partial charge is 0.266 e. The Morgan fingerprint density at radius 3 is 2.69 bits per heavy atom. The molecule has 0 saturated carbocycles. The number of hydrogen-bond donors (Lipinski definition) is 1. The van der Waals surface area contributed by atoms with Crippen molar-refractivity contribution in [3.05, 3.63) is 40.3 Å². The minimum Gasteiger partial charge on any atom is -0.268 e. The fourth-order valence-corrected chi connectivity index (χ4v) is 3.57. The van der Waals surface area contributed by atoms with Gasteiger partial charge < -0.3 is 0 Å². The van der Waals surface area contributed by atoms with Gasteiger partial charge in [0.2, 0.25) is 0 Å². The van der Waals surface area contributed by atoms with E-state index in [-0.39, 0.29) is 4.91 Å². The van der Waals surface area contributed by atoms with Crippen molar-refractivity contribution in [2.24, 2.45) is 0 Å². The van der Waals surface area contributed by atoms with Crippen LogP contribution in [0.4, 0.5) is 0 Å². The Kier molecular flexibility index (Phi) is 1.77. The van der Waals surface area contributed by atoms with E-state index in [1.165, 1.54) is 0 Å². The Labute approximate surface area is 93.0 Å². The molecule has 1 aliphatic heterocycles. The molecule has 1 aliphatic carbocycles. The van der Waals surface area contributed by atoms with Crippen molar-refractivity contribution in [3.8, 4) is 0 Å². The average molecular weight is 235 g/mol. The van der Waals surface area contributed by atoms with E-state index in [0.29, 0.717) is 18.4 Å². The summed E-state index contributed by atoms with van der Waals surface area (Å²) in [5.74, 6) is -0.498. The van der Waals surface area contributed by atoms with Crippen LogP contribution in [0.2, 0.25) is 0 Å². The van der Waals surface area contributed by atoms with Crippen LogP contribution in [0.25, 0.3) is 5.57 Å². The number of aryl methyl sites for hydroxylation is 1. The summed E-state index contributed by atoms with van der Waals surface area (Å²) in [5.41, 5.74) is 2.12. The summed E-state index contributed by atoms with van der Waals surface area (Å²) in [7, 11) is -3.56. The van der Waals surface area contributed by atoms with Gasteiger partial charge in [-0.25, -0.2) is 13.1 Å². The molecule has 0 bridgehead atoms. The van der Waals surface area contributed by atoms with Crippen LogP contribution in [0.15, 0.2) is 29.2 Å². The first-order chi connectivity index (χ1) is 7.59. The molecule has 1 amide bonds. The van der Waals surface area contributed by atoms with Crippen LogP contribution in [0.5, 0.6) is 0 Å². The largest absolute Gasteiger partial charge is 0.268 e. The molecule has 1 heterocycles. The van der Waals surface area contributed by atoms with E-state index in [0.717, 1.165) is 11.1 Å². The number of rotatable bonds is 0. The quantitative estimate of drug-likeness (QED) is 0.723. The third-order valence-electron chi connectivity index (χ3n) is 2.97. The van der Waals surface area contributed by atoms with Crippen molar-refractivity contribution in [1.29, 1.82) is 0 Å². The van der Waals surface area contributed by atoms with Gasteiger partial charge in [-0.05, 0) is 24.0 Å². The number of allylic oxidation sites excluding steroid dienone is 1. The summed E-state index contributed by atoms with van der Waals surface area (Å²) < 4.78 is 25.3. The summed E-state index contributed by atoms with van der Waals surface area (Å²) in [6.07, 6.45) is 1.08. The first-order valence-corrected chi connectivity index (χ1v) is 6.46. The summed E-state index contributed by atoms with van der Waals surface area (Å²) >= 11 is 0. The molecule has 0 saturated heterocycles.